The summed E-state index contributed by atoms with van der Waals surface area (Å²) in [5.41, 5.74) is 0.490. The van der Waals surface area contributed by atoms with Crippen LogP contribution in [-0.2, 0) is 4.79 Å². The molecule has 0 bridgehead atoms. The van der Waals surface area contributed by atoms with Crippen LogP contribution in [0.2, 0.25) is 0 Å². The summed E-state index contributed by atoms with van der Waals surface area (Å²) >= 11 is 0. The number of benzene rings is 1. The second-order valence-electron chi connectivity index (χ2n) is 3.73. The van der Waals surface area contributed by atoms with Gasteiger partial charge in [-0.3, -0.25) is 14.6 Å². The van der Waals surface area contributed by atoms with E-state index in [9.17, 15) is 9.59 Å². The van der Waals surface area contributed by atoms with Crippen LogP contribution in [0.25, 0.3) is 10.8 Å². The molecule has 0 aliphatic heterocycles. The van der Waals surface area contributed by atoms with Crippen LogP contribution >= 0.6 is 0 Å². The Morgan fingerprint density at radius 2 is 1.88 bits per heavy atom. The zero-order valence-electron chi connectivity index (χ0n) is 9.09. The summed E-state index contributed by atoms with van der Waals surface area (Å²) < 4.78 is 0. The van der Waals surface area contributed by atoms with E-state index in [1.54, 1.807) is 6.20 Å². The Labute approximate surface area is 97.9 Å². The third-order valence-electron chi connectivity index (χ3n) is 2.53. The highest BCUT2D eigenvalue weighted by molar-refractivity contribution is 6.08. The Morgan fingerprint density at radius 3 is 2.65 bits per heavy atom. The first-order chi connectivity index (χ1) is 8.18. The molecule has 2 aromatic rings. The zero-order valence-corrected chi connectivity index (χ0v) is 9.09. The molecule has 86 valence electrons. The molecule has 0 saturated carbocycles. The molecule has 0 aliphatic rings. The van der Waals surface area contributed by atoms with E-state index >= 15 is 0 Å². The molecule has 1 N–H and O–H groups in total. The summed E-state index contributed by atoms with van der Waals surface area (Å²) in [4.78, 5) is 26.3. The van der Waals surface area contributed by atoms with Gasteiger partial charge in [0.2, 0.25) is 0 Å². The largest absolute Gasteiger partial charge is 0.481 e. The lowest BCUT2D eigenvalue weighted by atomic mass is 10.0. The van der Waals surface area contributed by atoms with Crippen LogP contribution in [0, 0.1) is 0 Å². The number of pyridine rings is 1. The molecule has 0 amide bonds. The summed E-state index contributed by atoms with van der Waals surface area (Å²) in [6.07, 6.45) is 3.03. The van der Waals surface area contributed by atoms with Gasteiger partial charge in [0.25, 0.3) is 0 Å². The van der Waals surface area contributed by atoms with Gasteiger partial charge in [-0.25, -0.2) is 0 Å². The quantitative estimate of drug-likeness (QED) is 0.817. The fourth-order valence-corrected chi connectivity index (χ4v) is 1.69. The van der Waals surface area contributed by atoms with Gasteiger partial charge in [0, 0.05) is 29.8 Å². The number of hydrogen-bond acceptors (Lipinski definition) is 3. The number of Topliss-reactive ketones (excluding diaryl/α,β-unsaturated/α-hetero) is 1. The van der Waals surface area contributed by atoms with Crippen LogP contribution < -0.4 is 0 Å². The van der Waals surface area contributed by atoms with E-state index in [2.05, 4.69) is 4.98 Å². The Kier molecular flexibility index (Phi) is 3.14. The molecule has 1 heterocycles. The highest BCUT2D eigenvalue weighted by Crippen LogP contribution is 2.18. The third kappa shape index (κ3) is 2.47. The van der Waals surface area contributed by atoms with Crippen molar-refractivity contribution in [2.75, 3.05) is 0 Å². The standard InChI is InChI=1S/C13H11NO3/c15-12(5-6-13(16)17)11-8-14-7-9-3-1-2-4-10(9)11/h1-4,7-8H,5-6H2,(H,16,17). The number of carboxylic acid groups (broad SMARTS) is 1. The smallest absolute Gasteiger partial charge is 0.303 e. The lowest BCUT2D eigenvalue weighted by Gasteiger charge is -2.03. The van der Waals surface area contributed by atoms with Crippen molar-refractivity contribution in [2.24, 2.45) is 0 Å². The third-order valence-corrected chi connectivity index (χ3v) is 2.53. The van der Waals surface area contributed by atoms with E-state index in [1.807, 2.05) is 24.3 Å². The first kappa shape index (κ1) is 11.3. The van der Waals surface area contributed by atoms with Crippen molar-refractivity contribution in [2.45, 2.75) is 12.8 Å². The maximum Gasteiger partial charge on any atom is 0.303 e. The lowest BCUT2D eigenvalue weighted by Crippen LogP contribution is -2.04. The lowest BCUT2D eigenvalue weighted by molar-refractivity contribution is -0.136. The molecule has 0 saturated heterocycles. The molecular weight excluding hydrogens is 218 g/mol. The van der Waals surface area contributed by atoms with Crippen molar-refractivity contribution < 1.29 is 14.7 Å². The SMILES string of the molecule is O=C(O)CCC(=O)c1cncc2ccccc12. The number of aromatic nitrogens is 1. The first-order valence-electron chi connectivity index (χ1n) is 5.26. The first-order valence-corrected chi connectivity index (χ1v) is 5.26. The summed E-state index contributed by atoms with van der Waals surface area (Å²) in [5.74, 6) is -1.15. The Bertz CT molecular complexity index is 572. The fourth-order valence-electron chi connectivity index (χ4n) is 1.69. The van der Waals surface area contributed by atoms with Crippen molar-refractivity contribution in [1.29, 1.82) is 0 Å². The molecule has 4 nitrogen and oxygen atoms in total. The van der Waals surface area contributed by atoms with E-state index < -0.39 is 5.97 Å². The topological polar surface area (TPSA) is 67.3 Å². The molecular formula is C13H11NO3. The molecule has 0 aliphatic carbocycles. The normalized spacial score (nSPS) is 10.4. The number of carbonyl (C=O) groups is 2. The number of hydrogen-bond donors (Lipinski definition) is 1. The Morgan fingerprint density at radius 1 is 1.12 bits per heavy atom. The second-order valence-corrected chi connectivity index (χ2v) is 3.73. The molecule has 1 aromatic heterocycles. The van der Waals surface area contributed by atoms with Crippen LogP contribution in [0.1, 0.15) is 23.2 Å². The predicted molar refractivity (Wildman–Crippen MR) is 62.9 cm³/mol. The van der Waals surface area contributed by atoms with E-state index in [0.717, 1.165) is 10.8 Å². The minimum absolute atomic E-state index is 0.00498. The number of carboxylic acids is 1. The average Bonchev–Trinajstić information content (AvgIpc) is 2.35. The second kappa shape index (κ2) is 4.74. The number of fused-ring (bicyclic) bond motifs is 1. The summed E-state index contributed by atoms with van der Waals surface area (Å²) in [6, 6.07) is 7.42. The Hall–Kier alpha value is -2.23. The van der Waals surface area contributed by atoms with Gasteiger partial charge in [0.1, 0.15) is 0 Å². The van der Waals surface area contributed by atoms with Gasteiger partial charge < -0.3 is 5.11 Å². The van der Waals surface area contributed by atoms with Crippen molar-refractivity contribution in [3.8, 4) is 0 Å². The van der Waals surface area contributed by atoms with E-state index in [4.69, 9.17) is 5.11 Å². The Balaban J connectivity index is 2.35. The van der Waals surface area contributed by atoms with Gasteiger partial charge in [0.05, 0.1) is 6.42 Å². The van der Waals surface area contributed by atoms with Crippen molar-refractivity contribution in [3.05, 3.63) is 42.2 Å². The van der Waals surface area contributed by atoms with Gasteiger partial charge in [-0.05, 0) is 5.39 Å². The number of ketones is 1. The molecule has 0 fully saturated rings. The predicted octanol–water partition coefficient (Wildman–Crippen LogP) is 2.28. The van der Waals surface area contributed by atoms with Gasteiger partial charge in [-0.15, -0.1) is 0 Å². The maximum absolute atomic E-state index is 11.9. The maximum atomic E-state index is 11.9. The minimum Gasteiger partial charge on any atom is -0.481 e. The number of rotatable bonds is 4. The highest BCUT2D eigenvalue weighted by Gasteiger charge is 2.11. The molecule has 4 heteroatoms. The van der Waals surface area contributed by atoms with Crippen LogP contribution in [0.4, 0.5) is 0 Å². The van der Waals surface area contributed by atoms with Gasteiger partial charge >= 0.3 is 5.97 Å². The van der Waals surface area contributed by atoms with Crippen molar-refractivity contribution >= 4 is 22.5 Å². The average molecular weight is 229 g/mol. The van der Waals surface area contributed by atoms with Gasteiger partial charge in [0.15, 0.2) is 5.78 Å². The molecule has 0 radical (unpaired) electrons. The van der Waals surface area contributed by atoms with E-state index in [-0.39, 0.29) is 18.6 Å². The van der Waals surface area contributed by atoms with Crippen LogP contribution in [-0.4, -0.2) is 21.8 Å². The zero-order chi connectivity index (χ0) is 12.3. The van der Waals surface area contributed by atoms with Gasteiger partial charge in [-0.1, -0.05) is 24.3 Å². The number of aliphatic carboxylic acids is 1. The van der Waals surface area contributed by atoms with E-state index in [0.29, 0.717) is 5.56 Å². The van der Waals surface area contributed by atoms with E-state index in [1.165, 1.54) is 6.20 Å². The number of carbonyl (C=O) groups excluding carboxylic acids is 1. The summed E-state index contributed by atoms with van der Waals surface area (Å²) in [5, 5.41) is 10.3. The highest BCUT2D eigenvalue weighted by atomic mass is 16.4. The molecule has 1 aromatic carbocycles. The number of nitrogens with zero attached hydrogens (tertiary/aromatic N) is 1. The summed E-state index contributed by atoms with van der Waals surface area (Å²) in [7, 11) is 0. The molecule has 2 rings (SSSR count). The molecule has 17 heavy (non-hydrogen) atoms. The molecule has 0 spiro atoms. The van der Waals surface area contributed by atoms with Gasteiger partial charge in [-0.2, -0.15) is 0 Å². The fraction of sp³-hybridized carbons (Fsp3) is 0.154. The van der Waals surface area contributed by atoms with Crippen LogP contribution in [0.15, 0.2) is 36.7 Å². The minimum atomic E-state index is -0.966. The van der Waals surface area contributed by atoms with Crippen molar-refractivity contribution in [1.82, 2.24) is 4.98 Å². The molecule has 0 unspecified atom stereocenters. The van der Waals surface area contributed by atoms with Crippen LogP contribution in [0.3, 0.4) is 0 Å². The summed E-state index contributed by atoms with van der Waals surface area (Å²) in [6.45, 7) is 0. The van der Waals surface area contributed by atoms with Crippen LogP contribution in [0.5, 0.6) is 0 Å². The monoisotopic (exact) mass is 229 g/mol. The van der Waals surface area contributed by atoms with Crippen molar-refractivity contribution in [3.63, 3.8) is 0 Å². The molecule has 0 atom stereocenters.